The van der Waals surface area contributed by atoms with E-state index in [0.717, 1.165) is 25.3 Å². The zero-order valence-corrected chi connectivity index (χ0v) is 13.2. The molecule has 0 spiro atoms. The summed E-state index contributed by atoms with van der Waals surface area (Å²) in [5, 5.41) is 8.10. The molecule has 1 heterocycles. The number of fused-ring (bicyclic) bond motifs is 1. The van der Waals surface area contributed by atoms with Gasteiger partial charge in [-0.1, -0.05) is 25.1 Å². The summed E-state index contributed by atoms with van der Waals surface area (Å²) in [6.07, 6.45) is 7.16. The van der Waals surface area contributed by atoms with Crippen molar-refractivity contribution in [3.63, 3.8) is 0 Å². The average Bonchev–Trinajstić information content (AvgIpc) is 3.06. The Kier molecular flexibility index (Phi) is 4.39. The first-order valence-electron chi connectivity index (χ1n) is 8.10. The van der Waals surface area contributed by atoms with Crippen LogP contribution in [0.15, 0.2) is 24.4 Å². The van der Waals surface area contributed by atoms with Crippen molar-refractivity contribution in [3.8, 4) is 0 Å². The molecular weight excluding hydrogens is 258 g/mol. The van der Waals surface area contributed by atoms with Crippen LogP contribution < -0.4 is 5.32 Å². The summed E-state index contributed by atoms with van der Waals surface area (Å²) in [6, 6.07) is 6.93. The van der Waals surface area contributed by atoms with Crippen molar-refractivity contribution < 1.29 is 0 Å². The van der Waals surface area contributed by atoms with Crippen molar-refractivity contribution in [2.45, 2.75) is 52.6 Å². The predicted molar refractivity (Wildman–Crippen MR) is 86.5 cm³/mol. The van der Waals surface area contributed by atoms with E-state index in [2.05, 4.69) is 53.3 Å². The highest BCUT2D eigenvalue weighted by Crippen LogP contribution is 2.23. The molecule has 3 rings (SSSR count). The molecule has 112 valence electrons. The van der Waals surface area contributed by atoms with E-state index in [1.165, 1.54) is 36.8 Å². The van der Waals surface area contributed by atoms with Gasteiger partial charge in [-0.2, -0.15) is 5.10 Å². The third-order valence-corrected chi connectivity index (χ3v) is 4.30. The zero-order valence-electron chi connectivity index (χ0n) is 13.2. The van der Waals surface area contributed by atoms with E-state index in [4.69, 9.17) is 0 Å². The number of hydrogen-bond acceptors (Lipinski definition) is 2. The number of nitrogens with zero attached hydrogens (tertiary/aromatic N) is 2. The topological polar surface area (TPSA) is 29.9 Å². The molecule has 0 atom stereocenters. The van der Waals surface area contributed by atoms with Crippen molar-refractivity contribution >= 4 is 0 Å². The van der Waals surface area contributed by atoms with Gasteiger partial charge >= 0.3 is 0 Å². The largest absolute Gasteiger partial charge is 0.313 e. The molecule has 1 aliphatic carbocycles. The third kappa shape index (κ3) is 3.35. The van der Waals surface area contributed by atoms with E-state index in [0.29, 0.717) is 0 Å². The molecule has 1 aliphatic rings. The molecule has 2 aromatic rings. The fourth-order valence-corrected chi connectivity index (χ4v) is 3.12. The lowest BCUT2D eigenvalue weighted by molar-refractivity contribution is 0.668. The molecule has 0 bridgehead atoms. The van der Waals surface area contributed by atoms with E-state index in [1.807, 2.05) is 0 Å². The lowest BCUT2D eigenvalue weighted by Gasteiger charge is -2.05. The second-order valence-corrected chi connectivity index (χ2v) is 6.07. The molecule has 1 aromatic carbocycles. The first-order chi connectivity index (χ1) is 10.3. The second-order valence-electron chi connectivity index (χ2n) is 6.07. The molecule has 3 nitrogen and oxygen atoms in total. The van der Waals surface area contributed by atoms with Crippen LogP contribution in [0.1, 0.15) is 47.7 Å². The van der Waals surface area contributed by atoms with Gasteiger partial charge in [0.05, 0.1) is 12.2 Å². The van der Waals surface area contributed by atoms with E-state index >= 15 is 0 Å². The van der Waals surface area contributed by atoms with Crippen LogP contribution in [0.3, 0.4) is 0 Å². The number of benzene rings is 1. The summed E-state index contributed by atoms with van der Waals surface area (Å²) in [5.41, 5.74) is 6.90. The lowest BCUT2D eigenvalue weighted by atomic mass is 10.1. The zero-order chi connectivity index (χ0) is 14.7. The van der Waals surface area contributed by atoms with E-state index in [-0.39, 0.29) is 0 Å². The van der Waals surface area contributed by atoms with Crippen LogP contribution in [0, 0.1) is 6.92 Å². The third-order valence-electron chi connectivity index (χ3n) is 4.30. The molecule has 1 N–H and O–H groups in total. The van der Waals surface area contributed by atoms with Gasteiger partial charge in [0.1, 0.15) is 0 Å². The van der Waals surface area contributed by atoms with Crippen LogP contribution in [-0.4, -0.2) is 16.3 Å². The van der Waals surface area contributed by atoms with Crippen LogP contribution in [0.25, 0.3) is 0 Å². The van der Waals surface area contributed by atoms with Crippen LogP contribution in [-0.2, 0) is 25.9 Å². The van der Waals surface area contributed by atoms with E-state index in [9.17, 15) is 0 Å². The first-order valence-corrected chi connectivity index (χ1v) is 8.10. The Labute approximate surface area is 127 Å². The molecule has 21 heavy (non-hydrogen) atoms. The molecule has 0 amide bonds. The highest BCUT2D eigenvalue weighted by Gasteiger charge is 2.11. The number of rotatable bonds is 6. The summed E-state index contributed by atoms with van der Waals surface area (Å²) in [4.78, 5) is 0. The van der Waals surface area contributed by atoms with Crippen molar-refractivity contribution in [1.82, 2.24) is 15.1 Å². The average molecular weight is 283 g/mol. The Balaban J connectivity index is 1.68. The van der Waals surface area contributed by atoms with Crippen LogP contribution in [0.2, 0.25) is 0 Å². The Morgan fingerprint density at radius 2 is 2.10 bits per heavy atom. The molecule has 0 radical (unpaired) electrons. The van der Waals surface area contributed by atoms with Gasteiger partial charge in [-0.25, -0.2) is 0 Å². The summed E-state index contributed by atoms with van der Waals surface area (Å²) in [5.74, 6) is 0. The minimum atomic E-state index is 0.877. The second kappa shape index (κ2) is 6.44. The SMILES string of the molecule is CCCNCc1cn(Cc2ccc3c(c2)CCC3)nc1C. The van der Waals surface area contributed by atoms with Crippen molar-refractivity contribution in [3.05, 3.63) is 52.3 Å². The van der Waals surface area contributed by atoms with Gasteiger partial charge in [-0.05, 0) is 55.8 Å². The Hall–Kier alpha value is -1.61. The van der Waals surface area contributed by atoms with Crippen LogP contribution >= 0.6 is 0 Å². The normalized spacial score (nSPS) is 13.6. The molecule has 0 saturated heterocycles. The maximum Gasteiger partial charge on any atom is 0.0659 e. The fourth-order valence-electron chi connectivity index (χ4n) is 3.12. The van der Waals surface area contributed by atoms with Gasteiger partial charge in [-0.15, -0.1) is 0 Å². The Bertz CT molecular complexity index is 613. The van der Waals surface area contributed by atoms with Crippen LogP contribution in [0.5, 0.6) is 0 Å². The molecule has 0 aliphatic heterocycles. The quantitative estimate of drug-likeness (QED) is 0.825. The van der Waals surface area contributed by atoms with E-state index < -0.39 is 0 Å². The van der Waals surface area contributed by atoms with Crippen LogP contribution in [0.4, 0.5) is 0 Å². The number of nitrogens with one attached hydrogen (secondary N) is 1. The fraction of sp³-hybridized carbons (Fsp3) is 0.500. The molecule has 0 saturated carbocycles. The number of aromatic nitrogens is 2. The van der Waals surface area contributed by atoms with Gasteiger partial charge in [0, 0.05) is 18.3 Å². The molecule has 0 unspecified atom stereocenters. The van der Waals surface area contributed by atoms with Crippen molar-refractivity contribution in [1.29, 1.82) is 0 Å². The summed E-state index contributed by atoms with van der Waals surface area (Å²) in [7, 11) is 0. The predicted octanol–water partition coefficient (Wildman–Crippen LogP) is 3.23. The standard InChI is InChI=1S/C18H25N3/c1-3-9-19-11-18-13-21(20-14(18)2)12-15-7-8-16-5-4-6-17(16)10-15/h7-8,10,13,19H,3-6,9,11-12H2,1-2H3. The highest BCUT2D eigenvalue weighted by molar-refractivity contribution is 5.35. The summed E-state index contributed by atoms with van der Waals surface area (Å²) in [6.45, 7) is 7.15. The summed E-state index contributed by atoms with van der Waals surface area (Å²) >= 11 is 0. The smallest absolute Gasteiger partial charge is 0.0659 e. The maximum absolute atomic E-state index is 4.65. The maximum atomic E-state index is 4.65. The number of aryl methyl sites for hydroxylation is 3. The van der Waals surface area contributed by atoms with Gasteiger partial charge in [-0.3, -0.25) is 4.68 Å². The molecule has 3 heteroatoms. The van der Waals surface area contributed by atoms with Crippen molar-refractivity contribution in [2.75, 3.05) is 6.54 Å². The minimum absolute atomic E-state index is 0.877. The lowest BCUT2D eigenvalue weighted by Crippen LogP contribution is -2.13. The first kappa shape index (κ1) is 14.3. The van der Waals surface area contributed by atoms with Gasteiger partial charge in [0.25, 0.3) is 0 Å². The van der Waals surface area contributed by atoms with Crippen molar-refractivity contribution in [2.24, 2.45) is 0 Å². The Morgan fingerprint density at radius 1 is 1.24 bits per heavy atom. The Morgan fingerprint density at radius 3 is 2.95 bits per heavy atom. The monoisotopic (exact) mass is 283 g/mol. The van der Waals surface area contributed by atoms with E-state index in [1.54, 1.807) is 11.1 Å². The van der Waals surface area contributed by atoms with Gasteiger partial charge in [0.2, 0.25) is 0 Å². The summed E-state index contributed by atoms with van der Waals surface area (Å²) < 4.78 is 2.08. The highest BCUT2D eigenvalue weighted by atomic mass is 15.3. The number of hydrogen-bond donors (Lipinski definition) is 1. The van der Waals surface area contributed by atoms with Gasteiger partial charge in [0.15, 0.2) is 0 Å². The molecular formula is C18H25N3. The van der Waals surface area contributed by atoms with Gasteiger partial charge < -0.3 is 5.32 Å². The minimum Gasteiger partial charge on any atom is -0.313 e. The molecule has 1 aromatic heterocycles. The molecule has 0 fully saturated rings.